The highest BCUT2D eigenvalue weighted by Crippen LogP contribution is 2.20. The summed E-state index contributed by atoms with van der Waals surface area (Å²) in [5.74, 6) is 0.272. The minimum Gasteiger partial charge on any atom is -0.508 e. The van der Waals surface area contributed by atoms with E-state index in [0.29, 0.717) is 6.47 Å². The first kappa shape index (κ1) is 15.0. The zero-order valence-corrected chi connectivity index (χ0v) is 11.7. The van der Waals surface area contributed by atoms with E-state index in [9.17, 15) is 4.79 Å². The number of aryl methyl sites for hydroxylation is 1. The van der Waals surface area contributed by atoms with Gasteiger partial charge in [0.1, 0.15) is 11.4 Å². The van der Waals surface area contributed by atoms with Crippen LogP contribution in [0.2, 0.25) is 0 Å². The summed E-state index contributed by atoms with van der Waals surface area (Å²) >= 11 is 0. The van der Waals surface area contributed by atoms with Crippen LogP contribution in [0.5, 0.6) is 5.75 Å². The lowest BCUT2D eigenvalue weighted by Crippen LogP contribution is -2.17. The van der Waals surface area contributed by atoms with Crippen LogP contribution in [-0.2, 0) is 16.0 Å². The van der Waals surface area contributed by atoms with E-state index < -0.39 is 0 Å². The molecule has 2 rings (SSSR count). The summed E-state index contributed by atoms with van der Waals surface area (Å²) in [5.41, 5.74) is 1.62. The van der Waals surface area contributed by atoms with Crippen molar-refractivity contribution in [2.45, 2.75) is 39.7 Å². The van der Waals surface area contributed by atoms with Crippen LogP contribution < -0.4 is 0 Å². The Morgan fingerprint density at radius 3 is 2.58 bits per heavy atom. The number of H-pyrrole nitrogens is 1. The van der Waals surface area contributed by atoms with Gasteiger partial charge in [-0.25, -0.2) is 0 Å². The number of nitrogens with zero attached hydrogens (tertiary/aromatic N) is 1. The van der Waals surface area contributed by atoms with Crippen LogP contribution in [0.3, 0.4) is 0 Å². The van der Waals surface area contributed by atoms with E-state index in [1.165, 1.54) is 0 Å². The summed E-state index contributed by atoms with van der Waals surface area (Å²) in [6.45, 7) is 7.98. The molecule has 2 aromatic rings. The molecule has 0 amide bonds. The van der Waals surface area contributed by atoms with Gasteiger partial charge in [-0.1, -0.05) is 6.92 Å². The number of carbonyl (C=O) groups excluding carboxylic acids is 1. The third-order valence-electron chi connectivity index (χ3n) is 2.36. The second-order valence-corrected chi connectivity index (χ2v) is 5.08. The highest BCUT2D eigenvalue weighted by molar-refractivity contribution is 5.82. The molecular formula is C14H20N2O3. The van der Waals surface area contributed by atoms with Crippen LogP contribution in [0.1, 0.15) is 33.4 Å². The van der Waals surface area contributed by atoms with Crippen LogP contribution in [0.25, 0.3) is 10.9 Å². The number of ether oxygens (including phenoxy) is 1. The molecule has 2 N–H and O–H groups in total. The molecule has 104 valence electrons. The summed E-state index contributed by atoms with van der Waals surface area (Å²) in [7, 11) is 0. The topological polar surface area (TPSA) is 75.2 Å². The van der Waals surface area contributed by atoms with Gasteiger partial charge in [-0.3, -0.25) is 9.89 Å². The van der Waals surface area contributed by atoms with E-state index in [2.05, 4.69) is 21.9 Å². The zero-order chi connectivity index (χ0) is 14.5. The molecule has 1 aromatic heterocycles. The second kappa shape index (κ2) is 6.22. The van der Waals surface area contributed by atoms with Crippen molar-refractivity contribution in [3.8, 4) is 5.75 Å². The standard InChI is InChI=1S/C9H10N2O.C5H10O2/c1-2-8-7-4-3-6(12)5-9(7)11-10-8;1-5(2,3)7-4-6/h3-5,12H,2H2,1H3,(H,10,11);4H,1-3H3. The SMILES string of the molecule is CC(C)(C)OC=O.CCc1n[nH]c2cc(O)ccc12. The zero-order valence-electron chi connectivity index (χ0n) is 11.7. The minimum absolute atomic E-state index is 0.272. The number of hydrogen-bond acceptors (Lipinski definition) is 4. The van der Waals surface area contributed by atoms with E-state index >= 15 is 0 Å². The normalized spacial score (nSPS) is 10.7. The molecule has 5 nitrogen and oxygen atoms in total. The smallest absolute Gasteiger partial charge is 0.293 e. The van der Waals surface area contributed by atoms with Crippen molar-refractivity contribution in [1.29, 1.82) is 0 Å². The molecule has 0 aliphatic carbocycles. The molecule has 0 saturated carbocycles. The van der Waals surface area contributed by atoms with Gasteiger partial charge in [0.15, 0.2) is 0 Å². The van der Waals surface area contributed by atoms with Gasteiger partial charge >= 0.3 is 0 Å². The molecule has 0 atom stereocenters. The Kier molecular flexibility index (Phi) is 4.92. The number of phenolic OH excluding ortho intramolecular Hbond substituents is 1. The molecule has 0 fully saturated rings. The molecule has 19 heavy (non-hydrogen) atoms. The van der Waals surface area contributed by atoms with Gasteiger partial charge in [0.2, 0.25) is 0 Å². The van der Waals surface area contributed by atoms with E-state index in [1.807, 2.05) is 26.8 Å². The Morgan fingerprint density at radius 2 is 2.11 bits per heavy atom. The molecule has 0 unspecified atom stereocenters. The Bertz CT molecular complexity index is 541. The highest BCUT2D eigenvalue weighted by atomic mass is 16.5. The molecule has 0 bridgehead atoms. The van der Waals surface area contributed by atoms with Crippen LogP contribution in [0.4, 0.5) is 0 Å². The van der Waals surface area contributed by atoms with E-state index in [0.717, 1.165) is 23.0 Å². The third-order valence-corrected chi connectivity index (χ3v) is 2.36. The lowest BCUT2D eigenvalue weighted by Gasteiger charge is -2.14. The minimum atomic E-state index is -0.318. The average molecular weight is 264 g/mol. The maximum atomic E-state index is 9.60. The average Bonchev–Trinajstić information content (AvgIpc) is 2.70. The fourth-order valence-corrected chi connectivity index (χ4v) is 1.48. The summed E-state index contributed by atoms with van der Waals surface area (Å²) in [6, 6.07) is 5.24. The van der Waals surface area contributed by atoms with Gasteiger partial charge in [0, 0.05) is 11.5 Å². The lowest BCUT2D eigenvalue weighted by atomic mass is 10.2. The molecule has 1 aromatic carbocycles. The van der Waals surface area contributed by atoms with Crippen molar-refractivity contribution >= 4 is 17.4 Å². The molecule has 0 spiro atoms. The van der Waals surface area contributed by atoms with Gasteiger partial charge in [-0.2, -0.15) is 5.10 Å². The number of nitrogens with one attached hydrogen (secondary N) is 1. The first-order valence-corrected chi connectivity index (χ1v) is 6.15. The summed E-state index contributed by atoms with van der Waals surface area (Å²) in [5, 5.41) is 17.2. The monoisotopic (exact) mass is 264 g/mol. The molecular weight excluding hydrogens is 244 g/mol. The molecule has 0 aliphatic heterocycles. The maximum absolute atomic E-state index is 9.60. The van der Waals surface area contributed by atoms with Gasteiger partial charge in [0.25, 0.3) is 6.47 Å². The fraction of sp³-hybridized carbons (Fsp3) is 0.429. The van der Waals surface area contributed by atoms with Crippen LogP contribution in [-0.4, -0.2) is 27.4 Å². The van der Waals surface area contributed by atoms with Crippen molar-refractivity contribution in [2.24, 2.45) is 0 Å². The fourth-order valence-electron chi connectivity index (χ4n) is 1.48. The number of benzene rings is 1. The molecule has 5 heteroatoms. The second-order valence-electron chi connectivity index (χ2n) is 5.08. The van der Waals surface area contributed by atoms with Gasteiger partial charge in [0.05, 0.1) is 11.2 Å². The molecule has 0 aliphatic rings. The number of phenols is 1. The third kappa shape index (κ3) is 4.62. The van der Waals surface area contributed by atoms with E-state index in [-0.39, 0.29) is 11.4 Å². The van der Waals surface area contributed by atoms with E-state index in [4.69, 9.17) is 5.11 Å². The van der Waals surface area contributed by atoms with Crippen LogP contribution >= 0.6 is 0 Å². The molecule has 0 radical (unpaired) electrons. The number of aromatic amines is 1. The summed E-state index contributed by atoms with van der Waals surface area (Å²) < 4.78 is 4.55. The predicted octanol–water partition coefficient (Wildman–Crippen LogP) is 2.79. The quantitative estimate of drug-likeness (QED) is 0.818. The number of hydrogen-bond donors (Lipinski definition) is 2. The van der Waals surface area contributed by atoms with Crippen LogP contribution in [0, 0.1) is 0 Å². The Balaban J connectivity index is 0.000000224. The number of fused-ring (bicyclic) bond motifs is 1. The van der Waals surface area contributed by atoms with Gasteiger partial charge in [-0.05, 0) is 39.3 Å². The maximum Gasteiger partial charge on any atom is 0.293 e. The van der Waals surface area contributed by atoms with Crippen LogP contribution in [0.15, 0.2) is 18.2 Å². The number of carbonyl (C=O) groups is 1. The van der Waals surface area contributed by atoms with Gasteiger partial charge < -0.3 is 9.84 Å². The van der Waals surface area contributed by atoms with Gasteiger partial charge in [-0.15, -0.1) is 0 Å². The summed E-state index contributed by atoms with van der Waals surface area (Å²) in [6.07, 6.45) is 0.908. The first-order valence-electron chi connectivity index (χ1n) is 6.15. The molecule has 0 saturated heterocycles. The highest BCUT2D eigenvalue weighted by Gasteiger charge is 2.07. The largest absolute Gasteiger partial charge is 0.508 e. The predicted molar refractivity (Wildman–Crippen MR) is 74.0 cm³/mol. The van der Waals surface area contributed by atoms with E-state index in [1.54, 1.807) is 12.1 Å². The lowest BCUT2D eigenvalue weighted by molar-refractivity contribution is -0.138. The Morgan fingerprint density at radius 1 is 1.42 bits per heavy atom. The molecule has 1 heterocycles. The number of rotatable bonds is 2. The Labute approximate surface area is 112 Å². The van der Waals surface area contributed by atoms with Crippen molar-refractivity contribution in [2.75, 3.05) is 0 Å². The number of aromatic nitrogens is 2. The van der Waals surface area contributed by atoms with Crippen molar-refractivity contribution in [3.63, 3.8) is 0 Å². The first-order chi connectivity index (χ1) is 8.87. The van der Waals surface area contributed by atoms with Crippen molar-refractivity contribution < 1.29 is 14.6 Å². The van der Waals surface area contributed by atoms with Crippen molar-refractivity contribution in [3.05, 3.63) is 23.9 Å². The van der Waals surface area contributed by atoms with Crippen molar-refractivity contribution in [1.82, 2.24) is 10.2 Å². The number of aromatic hydroxyl groups is 1. The summed E-state index contributed by atoms with van der Waals surface area (Å²) in [4.78, 5) is 9.60. The Hall–Kier alpha value is -2.04.